The summed E-state index contributed by atoms with van der Waals surface area (Å²) in [6, 6.07) is 0. The van der Waals surface area contributed by atoms with Crippen molar-refractivity contribution in [2.24, 2.45) is 57.2 Å². The minimum Gasteiger partial charge on any atom is -0.244 e. The molecule has 3 saturated carbocycles. The normalized spacial score (nSPS) is 18.0. The van der Waals surface area contributed by atoms with Crippen LogP contribution in [0.15, 0.2) is 0 Å². The lowest BCUT2D eigenvalue weighted by Crippen LogP contribution is -2.47. The number of hydrogen-bond acceptors (Lipinski definition) is 0. The van der Waals surface area contributed by atoms with E-state index in [0.29, 0.717) is 81.0 Å². The molecule has 14 heteroatoms. The molecule has 0 radical (unpaired) electrons. The Balaban J connectivity index is -0.000000203. The van der Waals surface area contributed by atoms with E-state index in [1.807, 2.05) is 48.5 Å². The van der Waals surface area contributed by atoms with Crippen molar-refractivity contribution in [3.63, 3.8) is 0 Å². The molecule has 1 unspecified atom stereocenters. The molecule has 0 heterocycles. The predicted molar refractivity (Wildman–Crippen MR) is 328 cm³/mol. The summed E-state index contributed by atoms with van der Waals surface area (Å²) < 4.78 is 176. The van der Waals surface area contributed by atoms with Gasteiger partial charge in [0.15, 0.2) is 0 Å². The smallest absolute Gasteiger partial charge is 0.244 e. The minimum atomic E-state index is -4.10. The lowest BCUT2D eigenvalue weighted by Gasteiger charge is -2.44. The third-order valence-electron chi connectivity index (χ3n) is 17.0. The molecule has 3 rings (SSSR count). The van der Waals surface area contributed by atoms with Gasteiger partial charge in [-0.05, 0) is 119 Å². The third-order valence-corrected chi connectivity index (χ3v) is 17.0. The molecule has 0 nitrogen and oxygen atoms in total. The van der Waals surface area contributed by atoms with E-state index in [1.54, 1.807) is 20.8 Å². The Hall–Kier alpha value is -0.980. The number of halogens is 14. The molecule has 0 amide bonds. The van der Waals surface area contributed by atoms with Gasteiger partial charge >= 0.3 is 18.5 Å². The Labute approximate surface area is 499 Å². The van der Waals surface area contributed by atoms with E-state index >= 15 is 0 Å². The van der Waals surface area contributed by atoms with E-state index in [1.165, 1.54) is 34.1 Å². The second-order valence-corrected chi connectivity index (χ2v) is 28.6. The summed E-state index contributed by atoms with van der Waals surface area (Å²) in [5.41, 5.74) is -4.61. The van der Waals surface area contributed by atoms with E-state index in [9.17, 15) is 61.5 Å². The predicted octanol–water partition coefficient (Wildman–Crippen LogP) is 28.3. The van der Waals surface area contributed by atoms with Crippen LogP contribution in [0, 0.1) is 57.2 Å². The van der Waals surface area contributed by atoms with Crippen LogP contribution in [0.1, 0.15) is 341 Å². The number of alkyl halides is 14. The topological polar surface area (TPSA) is 0 Å². The molecule has 3 aliphatic rings. The van der Waals surface area contributed by atoms with Crippen LogP contribution in [0.2, 0.25) is 0 Å². The minimum absolute atomic E-state index is 0.105. The van der Waals surface area contributed by atoms with Crippen molar-refractivity contribution in [1.29, 1.82) is 0 Å². The molecular weight excluding hydrogens is 1080 g/mol. The molecule has 0 N–H and O–H groups in total. The largest absolute Gasteiger partial charge is 0.394 e. The van der Waals surface area contributed by atoms with Crippen molar-refractivity contribution >= 4 is 0 Å². The van der Waals surface area contributed by atoms with Crippen molar-refractivity contribution in [3.05, 3.63) is 0 Å². The summed E-state index contributed by atoms with van der Waals surface area (Å²) in [6.45, 7) is 49.7. The molecule has 0 aromatic rings. The van der Waals surface area contributed by atoms with Crippen molar-refractivity contribution < 1.29 is 61.5 Å². The summed E-state index contributed by atoms with van der Waals surface area (Å²) in [5, 5.41) is 0. The monoisotopic (exact) mass is 1220 g/mol. The lowest BCUT2D eigenvalue weighted by molar-refractivity contribution is -0.258. The van der Waals surface area contributed by atoms with Gasteiger partial charge in [0.2, 0.25) is 5.92 Å². The highest BCUT2D eigenvalue weighted by atomic mass is 19.4. The highest BCUT2D eigenvalue weighted by molar-refractivity contribution is 4.93. The first-order valence-electron chi connectivity index (χ1n) is 32.3. The van der Waals surface area contributed by atoms with Gasteiger partial charge in [0.1, 0.15) is 17.0 Å². The summed E-state index contributed by atoms with van der Waals surface area (Å²) in [5.74, 6) is -3.04. The first-order chi connectivity index (χ1) is 36.7. The summed E-state index contributed by atoms with van der Waals surface area (Å²) in [6.07, 6.45) is 5.24. The van der Waals surface area contributed by atoms with Crippen LogP contribution >= 0.6 is 0 Å². The van der Waals surface area contributed by atoms with Gasteiger partial charge < -0.3 is 0 Å². The molecule has 0 bridgehead atoms. The number of rotatable bonds is 15. The van der Waals surface area contributed by atoms with Crippen LogP contribution in [-0.2, 0) is 0 Å². The van der Waals surface area contributed by atoms with Crippen LogP contribution in [0.25, 0.3) is 0 Å². The second-order valence-electron chi connectivity index (χ2n) is 28.6. The fourth-order valence-corrected chi connectivity index (χ4v) is 10.1. The van der Waals surface area contributed by atoms with Crippen molar-refractivity contribution in [3.8, 4) is 0 Å². The Morgan fingerprint density at radius 2 is 0.671 bits per heavy atom. The van der Waals surface area contributed by atoms with Crippen LogP contribution in [0.4, 0.5) is 61.5 Å². The third kappa shape index (κ3) is 45.3. The Morgan fingerprint density at radius 3 is 0.805 bits per heavy atom. The Morgan fingerprint density at radius 1 is 0.402 bits per heavy atom. The standard InChI is InChI=1S/C13H25F3.C12H25F.C8H13F3.C7H12F2.C7H13F.C6H13F.C5H9F3.2C5H12/c1-6-10(7-2)12(5,13(14,15)16)11(8-3)9-4;1-6-10(7-2)12(5,13)11(8-3)9-4;1-7(8(9,10)11)5-3-2-4-6-7;1-6-2-4-7(8,9)5-3-6;1-7(8)5-3-2-4-6-7;1-4-6(3,7)5-2;1-3-4(2)5(6,7)8;2*1-5(2,3)4/h10-11H,6-9H2,1-5H3;10-11H,6-9H2,1-5H3;2-6H2,1H3;6H,2-5H2,1H3;2-6H2,1H3;4-5H2,1-3H3;4H,3H2,1-2H3;2*1-4H3. The van der Waals surface area contributed by atoms with Gasteiger partial charge in [-0.3, -0.25) is 0 Å². The average Bonchev–Trinajstić information content (AvgIpc) is 3.33. The maximum absolute atomic E-state index is 14.4. The fourth-order valence-electron chi connectivity index (χ4n) is 10.1. The molecular formula is C68H134F14. The van der Waals surface area contributed by atoms with Crippen LogP contribution in [-0.4, -0.2) is 41.5 Å². The van der Waals surface area contributed by atoms with Crippen molar-refractivity contribution in [2.75, 3.05) is 0 Å². The number of hydrogen-bond donors (Lipinski definition) is 0. The maximum atomic E-state index is 14.4. The van der Waals surface area contributed by atoms with E-state index in [0.717, 1.165) is 70.6 Å². The quantitative estimate of drug-likeness (QED) is 0.143. The molecule has 0 aliphatic heterocycles. The summed E-state index contributed by atoms with van der Waals surface area (Å²) >= 11 is 0. The summed E-state index contributed by atoms with van der Waals surface area (Å²) in [7, 11) is 0. The molecule has 0 aromatic carbocycles. The molecule has 0 aromatic heterocycles. The van der Waals surface area contributed by atoms with Gasteiger partial charge in [0, 0.05) is 12.8 Å². The van der Waals surface area contributed by atoms with Crippen LogP contribution in [0.5, 0.6) is 0 Å². The lowest BCUT2D eigenvalue weighted by atomic mass is 9.63. The Bertz CT molecular complexity index is 1360. The molecule has 0 saturated heterocycles. The molecule has 0 spiro atoms. The van der Waals surface area contributed by atoms with Gasteiger partial charge in [-0.25, -0.2) is 22.0 Å². The van der Waals surface area contributed by atoms with E-state index in [4.69, 9.17) is 0 Å². The summed E-state index contributed by atoms with van der Waals surface area (Å²) in [4.78, 5) is 0. The highest BCUT2D eigenvalue weighted by Gasteiger charge is 2.57. The molecule has 3 fully saturated rings. The molecule has 3 aliphatic carbocycles. The SMILES string of the molecule is CC(C)(C)C.CC(C)(C)C.CC1(C(F)(F)F)CCCCC1.CC1(F)CCCCC1.CC1CCC(F)(F)CC1.CCC(C)(F)CC.CCC(C)C(F)(F)F.CCC(CC)C(C)(C(CC)CC)C(F)(F)F.CCC(CC)C(C)(F)C(CC)CC. The van der Waals surface area contributed by atoms with Gasteiger partial charge in [-0.15, -0.1) is 0 Å². The van der Waals surface area contributed by atoms with Gasteiger partial charge in [0.25, 0.3) is 0 Å². The molecule has 504 valence electrons. The van der Waals surface area contributed by atoms with Crippen LogP contribution < -0.4 is 0 Å². The molecule has 1 atom stereocenters. The zero-order valence-electron chi connectivity index (χ0n) is 57.9. The van der Waals surface area contributed by atoms with E-state index in [2.05, 4.69) is 83.1 Å². The van der Waals surface area contributed by atoms with Crippen molar-refractivity contribution in [2.45, 2.75) is 382 Å². The zero-order valence-corrected chi connectivity index (χ0v) is 57.9. The van der Waals surface area contributed by atoms with Crippen LogP contribution in [0.3, 0.4) is 0 Å². The second kappa shape index (κ2) is 42.8. The average molecular weight is 1220 g/mol. The van der Waals surface area contributed by atoms with E-state index < -0.39 is 58.2 Å². The first kappa shape index (κ1) is 92.2. The zero-order chi connectivity index (χ0) is 66.6. The maximum Gasteiger partial charge on any atom is 0.394 e. The van der Waals surface area contributed by atoms with Crippen molar-refractivity contribution in [1.82, 2.24) is 0 Å². The molecule has 82 heavy (non-hydrogen) atoms. The fraction of sp³-hybridized carbons (Fsp3) is 1.00. The van der Waals surface area contributed by atoms with Gasteiger partial charge in [-0.2, -0.15) is 39.5 Å². The van der Waals surface area contributed by atoms with Gasteiger partial charge in [-0.1, -0.05) is 249 Å². The Kier molecular flexibility index (Phi) is 48.1. The van der Waals surface area contributed by atoms with Gasteiger partial charge in [0.05, 0.1) is 16.7 Å². The highest BCUT2D eigenvalue weighted by Crippen LogP contribution is 2.54. The van der Waals surface area contributed by atoms with E-state index in [-0.39, 0.29) is 42.9 Å². The first-order valence-corrected chi connectivity index (χ1v) is 32.3.